The molecular formula is C97H57N13OS2. The normalized spacial score (nSPS) is 11.4. The van der Waals surface area contributed by atoms with Crippen LogP contribution in [0.25, 0.3) is 210 Å². The Morgan fingerprint density at radius 1 is 0.212 bits per heavy atom. The van der Waals surface area contributed by atoms with Gasteiger partial charge in [0.15, 0.2) is 69.9 Å². The predicted octanol–water partition coefficient (Wildman–Crippen LogP) is 24.3. The molecule has 0 saturated heterocycles. The van der Waals surface area contributed by atoms with Crippen molar-refractivity contribution < 1.29 is 4.42 Å². The van der Waals surface area contributed by atoms with Gasteiger partial charge in [0.25, 0.3) is 0 Å². The summed E-state index contributed by atoms with van der Waals surface area (Å²) in [5.74, 6) is 7.07. The third-order valence-electron chi connectivity index (χ3n) is 19.8. The first-order chi connectivity index (χ1) is 55.9. The first kappa shape index (κ1) is 67.2. The van der Waals surface area contributed by atoms with Gasteiger partial charge in [-0.05, 0) is 59.7 Å². The van der Waals surface area contributed by atoms with E-state index in [2.05, 4.69) is 97.1 Å². The van der Waals surface area contributed by atoms with Crippen LogP contribution in [0.4, 0.5) is 0 Å². The summed E-state index contributed by atoms with van der Waals surface area (Å²) < 4.78 is 10.6. The molecule has 0 aliphatic carbocycles. The van der Waals surface area contributed by atoms with Gasteiger partial charge >= 0.3 is 0 Å². The van der Waals surface area contributed by atoms with E-state index in [0.717, 1.165) is 140 Å². The van der Waals surface area contributed by atoms with Crippen molar-refractivity contribution in [2.45, 2.75) is 0 Å². The Bertz CT molecular complexity index is 7070. The van der Waals surface area contributed by atoms with E-state index >= 15 is 0 Å². The Morgan fingerprint density at radius 2 is 0.487 bits per heavy atom. The maximum Gasteiger partial charge on any atom is 0.165 e. The first-order valence-electron chi connectivity index (χ1n) is 36.7. The lowest BCUT2D eigenvalue weighted by Gasteiger charge is -2.11. The van der Waals surface area contributed by atoms with Crippen LogP contribution in [0.15, 0.2) is 350 Å². The first-order valence-corrected chi connectivity index (χ1v) is 38.4. The number of aromatic nitrogens is 12. The van der Waals surface area contributed by atoms with Crippen molar-refractivity contribution in [2.24, 2.45) is 0 Å². The number of rotatable bonds is 13. The summed E-state index contributed by atoms with van der Waals surface area (Å²) in [7, 11) is 0. The molecule has 0 aliphatic heterocycles. The number of nitrogens with zero attached hydrogens (tertiary/aromatic N) is 13. The summed E-state index contributed by atoms with van der Waals surface area (Å²) in [5, 5.41) is 16.6. The number of furan rings is 1. The van der Waals surface area contributed by atoms with E-state index < -0.39 is 0 Å². The van der Waals surface area contributed by atoms with Crippen LogP contribution in [0, 0.1) is 11.3 Å². The van der Waals surface area contributed by atoms with E-state index in [1.54, 1.807) is 22.7 Å². The summed E-state index contributed by atoms with van der Waals surface area (Å²) in [6.07, 6.45) is 0. The fraction of sp³-hybridized carbons (Fsp3) is 0. The van der Waals surface area contributed by atoms with Gasteiger partial charge in [-0.3, -0.25) is 0 Å². The molecule has 0 amide bonds. The zero-order chi connectivity index (χ0) is 75.1. The van der Waals surface area contributed by atoms with Gasteiger partial charge in [0.2, 0.25) is 0 Å². The zero-order valence-corrected chi connectivity index (χ0v) is 61.6. The maximum atomic E-state index is 10.3. The molecule has 0 spiro atoms. The van der Waals surface area contributed by atoms with Crippen LogP contribution >= 0.6 is 22.7 Å². The molecule has 0 N–H and O–H groups in total. The Hall–Kier alpha value is -15.2. The van der Waals surface area contributed by atoms with Crippen LogP contribution in [0.1, 0.15) is 5.56 Å². The third-order valence-corrected chi connectivity index (χ3v) is 22.2. The smallest absolute Gasteiger partial charge is 0.165 e. The molecule has 0 fully saturated rings. The second-order valence-corrected chi connectivity index (χ2v) is 29.0. The van der Waals surface area contributed by atoms with Gasteiger partial charge in [0.05, 0.1) is 11.6 Å². The van der Waals surface area contributed by atoms with Crippen LogP contribution in [-0.2, 0) is 0 Å². The Kier molecular flexibility index (Phi) is 17.3. The average Bonchev–Trinajstić information content (AvgIpc) is 1.60. The van der Waals surface area contributed by atoms with Crippen molar-refractivity contribution in [2.75, 3.05) is 0 Å². The van der Waals surface area contributed by atoms with E-state index in [-0.39, 0.29) is 0 Å². The lowest BCUT2D eigenvalue weighted by atomic mass is 9.97. The van der Waals surface area contributed by atoms with E-state index in [1.807, 2.05) is 255 Å². The lowest BCUT2D eigenvalue weighted by molar-refractivity contribution is 0.669. The Balaban J connectivity index is 0.000000147. The summed E-state index contributed by atoms with van der Waals surface area (Å²) in [4.78, 5) is 60.4. The van der Waals surface area contributed by atoms with Crippen molar-refractivity contribution >= 4 is 85.0 Å². The standard InChI is InChI=1S/C49H29N7S.C48H28N6OS/c50-30-31-27-36(29-37(28-31)48-53-44(32-15-5-1-6-16-32)51-45(54-48)33-17-7-2-8-18-33)38-23-13-24-39-42-40(25-14-26-41(42)57-43(38)39)49-55-46(34-19-9-3-10-20-34)52-47(56-49)35-21-11-4-12-22-35;1-4-15-29(16-5-1)43-49-44(30-17-6-2-7-18-30)53-48(52-43)36-25-12-22-33-41-35(24-14-28-39(41)56-42(33)36)47-51-45(31-19-8-3-9-20-31)50-46(54-47)34-23-13-27-38-40(34)32-21-10-11-26-37(32)55-38/h1-29H;1-28H. The van der Waals surface area contributed by atoms with Gasteiger partial charge in [-0.2, -0.15) is 5.26 Å². The molecule has 16 heteroatoms. The van der Waals surface area contributed by atoms with Crippen LogP contribution in [-0.4, -0.2) is 59.8 Å². The summed E-state index contributed by atoms with van der Waals surface area (Å²) in [6, 6.07) is 118. The van der Waals surface area contributed by atoms with Gasteiger partial charge in [0, 0.05) is 118 Å². The molecule has 14 nitrogen and oxygen atoms in total. The highest BCUT2D eigenvalue weighted by atomic mass is 32.1. The van der Waals surface area contributed by atoms with E-state index in [1.165, 1.54) is 0 Å². The summed E-state index contributed by atoms with van der Waals surface area (Å²) >= 11 is 3.43. The molecule has 528 valence electrons. The molecule has 0 radical (unpaired) electrons. The largest absolute Gasteiger partial charge is 0.456 e. The Labute approximate surface area is 655 Å². The number of hydrogen-bond acceptors (Lipinski definition) is 16. The molecule has 0 atom stereocenters. The fourth-order valence-electron chi connectivity index (χ4n) is 14.5. The topological polar surface area (TPSA) is 192 Å². The predicted molar refractivity (Wildman–Crippen MR) is 455 cm³/mol. The molecule has 0 saturated carbocycles. The van der Waals surface area contributed by atoms with Crippen LogP contribution in [0.2, 0.25) is 0 Å². The van der Waals surface area contributed by atoms with Crippen molar-refractivity contribution in [3.8, 4) is 154 Å². The molecule has 0 bridgehead atoms. The average molecular weight is 1480 g/mol. The van der Waals surface area contributed by atoms with Crippen LogP contribution < -0.4 is 0 Å². The zero-order valence-electron chi connectivity index (χ0n) is 59.9. The molecule has 0 unspecified atom stereocenters. The van der Waals surface area contributed by atoms with Gasteiger partial charge in [-0.15, -0.1) is 22.7 Å². The lowest BCUT2D eigenvalue weighted by Crippen LogP contribution is -2.00. The number of hydrogen-bond donors (Lipinski definition) is 0. The minimum atomic E-state index is 0.491. The molecule has 21 aromatic rings. The van der Waals surface area contributed by atoms with Crippen LogP contribution in [0.5, 0.6) is 0 Å². The highest BCUT2D eigenvalue weighted by Gasteiger charge is 2.25. The quantitative estimate of drug-likeness (QED) is 0.106. The van der Waals surface area contributed by atoms with E-state index in [0.29, 0.717) is 75.5 Å². The Morgan fingerprint density at radius 3 is 0.885 bits per heavy atom. The second-order valence-electron chi connectivity index (χ2n) is 26.9. The number of fused-ring (bicyclic) bond motifs is 9. The molecule has 14 aromatic carbocycles. The molecule has 7 heterocycles. The molecule has 21 rings (SSSR count). The minimum absolute atomic E-state index is 0.491. The van der Waals surface area contributed by atoms with Gasteiger partial charge in [-0.1, -0.05) is 297 Å². The van der Waals surface area contributed by atoms with Crippen LogP contribution in [0.3, 0.4) is 0 Å². The number of nitriles is 1. The van der Waals surface area contributed by atoms with Gasteiger partial charge < -0.3 is 4.42 Å². The monoisotopic (exact) mass is 1480 g/mol. The maximum absolute atomic E-state index is 10.3. The van der Waals surface area contributed by atoms with Gasteiger partial charge in [-0.25, -0.2) is 59.8 Å². The summed E-state index contributed by atoms with van der Waals surface area (Å²) in [5.41, 5.74) is 14.8. The van der Waals surface area contributed by atoms with Crippen molar-refractivity contribution in [3.05, 3.63) is 351 Å². The molecule has 0 aliphatic rings. The second kappa shape index (κ2) is 29.1. The molecular weight excluding hydrogens is 1430 g/mol. The van der Waals surface area contributed by atoms with Gasteiger partial charge in [0.1, 0.15) is 11.2 Å². The third kappa shape index (κ3) is 12.9. The fourth-order valence-corrected chi connectivity index (χ4v) is 17.0. The SMILES string of the molecule is N#Cc1cc(-c2nc(-c3ccccc3)nc(-c3ccccc3)n2)cc(-c2cccc3c2sc2cccc(-c4nc(-c5ccccc5)nc(-c5ccccc5)n4)c23)c1.c1ccc(-c2nc(-c3ccccc3)nc(-c3cccc4c3sc3cccc(-c5nc(-c6ccccc6)nc(-c6cccc7oc8ccccc8c67)n5)c34)n2)cc1. The number of benzene rings is 14. The highest BCUT2D eigenvalue weighted by Crippen LogP contribution is 2.47. The highest BCUT2D eigenvalue weighted by molar-refractivity contribution is 7.27. The van der Waals surface area contributed by atoms with E-state index in [4.69, 9.17) is 64.2 Å². The molecule has 113 heavy (non-hydrogen) atoms. The minimum Gasteiger partial charge on any atom is -0.456 e. The van der Waals surface area contributed by atoms with Crippen molar-refractivity contribution in [1.29, 1.82) is 5.26 Å². The van der Waals surface area contributed by atoms with E-state index in [9.17, 15) is 5.26 Å². The van der Waals surface area contributed by atoms with Crippen molar-refractivity contribution in [3.63, 3.8) is 0 Å². The molecule has 7 aromatic heterocycles. The van der Waals surface area contributed by atoms with Crippen molar-refractivity contribution in [1.82, 2.24) is 59.8 Å². The number of thiophene rings is 2. The number of para-hydroxylation sites is 1. The summed E-state index contributed by atoms with van der Waals surface area (Å²) in [6.45, 7) is 0.